The standard InChI is InChI=1S/C13H9BrO3/c14-12-4-3-11(17-12)13(15)9-1-2-10-8(7-9)5-6-16-10/h1-4,7H,5-6H2. The maximum Gasteiger partial charge on any atom is 0.228 e. The van der Waals surface area contributed by atoms with Crippen molar-refractivity contribution in [2.24, 2.45) is 0 Å². The molecule has 4 heteroatoms. The van der Waals surface area contributed by atoms with Crippen molar-refractivity contribution >= 4 is 21.7 Å². The number of carbonyl (C=O) groups excluding carboxylic acids is 1. The monoisotopic (exact) mass is 292 g/mol. The fourth-order valence-corrected chi connectivity index (χ4v) is 2.21. The smallest absolute Gasteiger partial charge is 0.228 e. The summed E-state index contributed by atoms with van der Waals surface area (Å²) in [5.41, 5.74) is 1.72. The molecule has 17 heavy (non-hydrogen) atoms. The molecule has 1 aliphatic rings. The Hall–Kier alpha value is -1.55. The van der Waals surface area contributed by atoms with Gasteiger partial charge in [-0.3, -0.25) is 4.79 Å². The predicted octanol–water partition coefficient (Wildman–Crippen LogP) is 3.21. The molecular weight excluding hydrogens is 284 g/mol. The van der Waals surface area contributed by atoms with Crippen LogP contribution in [0.2, 0.25) is 0 Å². The van der Waals surface area contributed by atoms with Crippen LogP contribution in [0.3, 0.4) is 0 Å². The molecule has 0 bridgehead atoms. The van der Waals surface area contributed by atoms with E-state index in [4.69, 9.17) is 9.15 Å². The zero-order valence-electron chi connectivity index (χ0n) is 8.90. The minimum atomic E-state index is -0.106. The van der Waals surface area contributed by atoms with E-state index in [9.17, 15) is 4.79 Å². The maximum atomic E-state index is 12.1. The van der Waals surface area contributed by atoms with Crippen LogP contribution < -0.4 is 4.74 Å². The van der Waals surface area contributed by atoms with Crippen molar-refractivity contribution in [2.45, 2.75) is 6.42 Å². The molecule has 0 N–H and O–H groups in total. The van der Waals surface area contributed by atoms with Crippen molar-refractivity contribution < 1.29 is 13.9 Å². The van der Waals surface area contributed by atoms with E-state index in [1.807, 2.05) is 12.1 Å². The Labute approximate surface area is 107 Å². The van der Waals surface area contributed by atoms with Crippen LogP contribution in [-0.2, 0) is 6.42 Å². The third-order valence-corrected chi connectivity index (χ3v) is 3.17. The van der Waals surface area contributed by atoms with Gasteiger partial charge in [-0.15, -0.1) is 0 Å². The van der Waals surface area contributed by atoms with Crippen molar-refractivity contribution in [1.82, 2.24) is 0 Å². The van der Waals surface area contributed by atoms with E-state index < -0.39 is 0 Å². The minimum Gasteiger partial charge on any atom is -0.493 e. The van der Waals surface area contributed by atoms with Crippen LogP contribution in [-0.4, -0.2) is 12.4 Å². The zero-order chi connectivity index (χ0) is 11.8. The van der Waals surface area contributed by atoms with Crippen LogP contribution in [0.5, 0.6) is 5.75 Å². The average Bonchev–Trinajstić information content (AvgIpc) is 2.95. The highest BCUT2D eigenvalue weighted by Crippen LogP contribution is 2.27. The van der Waals surface area contributed by atoms with E-state index in [2.05, 4.69) is 15.9 Å². The lowest BCUT2D eigenvalue weighted by atomic mass is 10.0. The number of rotatable bonds is 2. The molecule has 1 aromatic heterocycles. The van der Waals surface area contributed by atoms with Crippen molar-refractivity contribution in [3.05, 3.63) is 51.9 Å². The van der Waals surface area contributed by atoms with Gasteiger partial charge in [0.15, 0.2) is 10.4 Å². The van der Waals surface area contributed by atoms with E-state index in [0.717, 1.165) is 17.7 Å². The van der Waals surface area contributed by atoms with Crippen LogP contribution in [0.1, 0.15) is 21.7 Å². The average molecular weight is 293 g/mol. The second kappa shape index (κ2) is 4.04. The molecule has 0 aliphatic carbocycles. The first-order valence-electron chi connectivity index (χ1n) is 5.30. The number of hydrogen-bond donors (Lipinski definition) is 0. The summed E-state index contributed by atoms with van der Waals surface area (Å²) in [5, 5.41) is 0. The first-order valence-corrected chi connectivity index (χ1v) is 6.09. The SMILES string of the molecule is O=C(c1ccc2c(c1)CCO2)c1ccc(Br)o1. The van der Waals surface area contributed by atoms with E-state index in [1.54, 1.807) is 18.2 Å². The molecule has 0 amide bonds. The summed E-state index contributed by atoms with van der Waals surface area (Å²) >= 11 is 3.18. The number of ether oxygens (including phenoxy) is 1. The third-order valence-electron chi connectivity index (χ3n) is 2.75. The number of ketones is 1. The van der Waals surface area contributed by atoms with E-state index in [0.29, 0.717) is 22.6 Å². The van der Waals surface area contributed by atoms with Crippen LogP contribution in [0, 0.1) is 0 Å². The summed E-state index contributed by atoms with van der Waals surface area (Å²) in [6.45, 7) is 0.694. The number of furan rings is 1. The van der Waals surface area contributed by atoms with Gasteiger partial charge >= 0.3 is 0 Å². The Morgan fingerprint density at radius 2 is 2.12 bits per heavy atom. The number of fused-ring (bicyclic) bond motifs is 1. The quantitative estimate of drug-likeness (QED) is 0.798. The third kappa shape index (κ3) is 1.89. The number of benzene rings is 1. The second-order valence-electron chi connectivity index (χ2n) is 3.85. The molecule has 0 atom stereocenters. The lowest BCUT2D eigenvalue weighted by Crippen LogP contribution is -1.99. The molecule has 3 nitrogen and oxygen atoms in total. The Bertz CT molecular complexity index is 586. The van der Waals surface area contributed by atoms with Gasteiger partial charge in [-0.1, -0.05) is 0 Å². The van der Waals surface area contributed by atoms with Crippen molar-refractivity contribution in [3.63, 3.8) is 0 Å². The molecule has 0 spiro atoms. The lowest BCUT2D eigenvalue weighted by Gasteiger charge is -2.01. The zero-order valence-corrected chi connectivity index (χ0v) is 10.5. The highest BCUT2D eigenvalue weighted by Gasteiger charge is 2.17. The first kappa shape index (κ1) is 10.6. The predicted molar refractivity (Wildman–Crippen MR) is 65.5 cm³/mol. The molecule has 86 valence electrons. The highest BCUT2D eigenvalue weighted by molar-refractivity contribution is 9.10. The van der Waals surface area contributed by atoms with Gasteiger partial charge in [0, 0.05) is 12.0 Å². The van der Waals surface area contributed by atoms with Gasteiger partial charge in [0.1, 0.15) is 5.75 Å². The van der Waals surface area contributed by atoms with Crippen LogP contribution in [0.25, 0.3) is 0 Å². The van der Waals surface area contributed by atoms with Gasteiger partial charge in [-0.2, -0.15) is 0 Å². The van der Waals surface area contributed by atoms with Gasteiger partial charge in [0.2, 0.25) is 5.78 Å². The Kier molecular flexibility index (Phi) is 2.52. The largest absolute Gasteiger partial charge is 0.493 e. The number of halogens is 1. The number of hydrogen-bond acceptors (Lipinski definition) is 3. The molecule has 2 heterocycles. The summed E-state index contributed by atoms with van der Waals surface area (Å²) in [5.74, 6) is 1.11. The van der Waals surface area contributed by atoms with Gasteiger partial charge in [0.25, 0.3) is 0 Å². The molecular formula is C13H9BrO3. The minimum absolute atomic E-state index is 0.106. The molecule has 0 unspecified atom stereocenters. The molecule has 1 aliphatic heterocycles. The highest BCUT2D eigenvalue weighted by atomic mass is 79.9. The van der Waals surface area contributed by atoms with Crippen molar-refractivity contribution in [3.8, 4) is 5.75 Å². The summed E-state index contributed by atoms with van der Waals surface area (Å²) < 4.78 is 11.2. The Balaban J connectivity index is 1.97. The second-order valence-corrected chi connectivity index (χ2v) is 4.64. The van der Waals surface area contributed by atoms with E-state index in [-0.39, 0.29) is 5.78 Å². The fourth-order valence-electron chi connectivity index (χ4n) is 1.91. The first-order chi connectivity index (χ1) is 8.24. The number of carbonyl (C=O) groups is 1. The lowest BCUT2D eigenvalue weighted by molar-refractivity contribution is 0.101. The molecule has 0 fully saturated rings. The van der Waals surface area contributed by atoms with Gasteiger partial charge in [0.05, 0.1) is 6.61 Å². The van der Waals surface area contributed by atoms with Crippen LogP contribution in [0.15, 0.2) is 39.4 Å². The van der Waals surface area contributed by atoms with Gasteiger partial charge in [-0.25, -0.2) is 0 Å². The van der Waals surface area contributed by atoms with Crippen molar-refractivity contribution in [1.29, 1.82) is 0 Å². The van der Waals surface area contributed by atoms with Crippen LogP contribution >= 0.6 is 15.9 Å². The molecule has 0 radical (unpaired) electrons. The maximum absolute atomic E-state index is 12.1. The fraction of sp³-hybridized carbons (Fsp3) is 0.154. The molecule has 0 saturated carbocycles. The van der Waals surface area contributed by atoms with Gasteiger partial charge < -0.3 is 9.15 Å². The topological polar surface area (TPSA) is 39.4 Å². The van der Waals surface area contributed by atoms with E-state index >= 15 is 0 Å². The van der Waals surface area contributed by atoms with Crippen LogP contribution in [0.4, 0.5) is 0 Å². The summed E-state index contributed by atoms with van der Waals surface area (Å²) in [7, 11) is 0. The summed E-state index contributed by atoms with van der Waals surface area (Å²) in [6.07, 6.45) is 0.859. The van der Waals surface area contributed by atoms with Crippen molar-refractivity contribution in [2.75, 3.05) is 6.61 Å². The molecule has 2 aromatic rings. The Morgan fingerprint density at radius 1 is 1.24 bits per heavy atom. The normalized spacial score (nSPS) is 13.2. The van der Waals surface area contributed by atoms with Gasteiger partial charge in [-0.05, 0) is 51.8 Å². The van der Waals surface area contributed by atoms with E-state index in [1.165, 1.54) is 0 Å². The summed E-state index contributed by atoms with van der Waals surface area (Å²) in [6, 6.07) is 8.86. The molecule has 3 rings (SSSR count). The molecule has 0 saturated heterocycles. The summed E-state index contributed by atoms with van der Waals surface area (Å²) in [4.78, 5) is 12.1. The Morgan fingerprint density at radius 3 is 2.88 bits per heavy atom. The molecule has 1 aromatic carbocycles.